The molecule has 6 nitrogen and oxygen atoms in total. The van der Waals surface area contributed by atoms with Gasteiger partial charge in [0.05, 0.1) is 0 Å². The molecule has 2 aliphatic rings. The van der Waals surface area contributed by atoms with Crippen molar-refractivity contribution in [2.45, 2.75) is 39.0 Å². The Kier molecular flexibility index (Phi) is 4.28. The molecule has 0 unspecified atom stereocenters. The molecule has 126 valence electrons. The smallest absolute Gasteiger partial charge is 0.151 e. The van der Waals surface area contributed by atoms with Gasteiger partial charge in [-0.2, -0.15) is 5.10 Å². The number of hydrogen-bond acceptors (Lipinski definition) is 6. The van der Waals surface area contributed by atoms with E-state index in [9.17, 15) is 0 Å². The summed E-state index contributed by atoms with van der Waals surface area (Å²) in [5, 5.41) is 8.27. The predicted molar refractivity (Wildman–Crippen MR) is 94.5 cm³/mol. The lowest BCUT2D eigenvalue weighted by Gasteiger charge is -2.27. The third kappa shape index (κ3) is 3.05. The molecule has 0 spiro atoms. The second-order valence-corrected chi connectivity index (χ2v) is 6.64. The number of aromatic nitrogens is 4. The van der Waals surface area contributed by atoms with E-state index in [1.807, 2.05) is 19.1 Å². The van der Waals surface area contributed by atoms with Gasteiger partial charge in [-0.25, -0.2) is 9.97 Å². The van der Waals surface area contributed by atoms with Crippen LogP contribution in [0.15, 0.2) is 18.3 Å². The fraction of sp³-hybridized carbons (Fsp3) is 0.556. The molecule has 2 aromatic rings. The van der Waals surface area contributed by atoms with Gasteiger partial charge in [-0.1, -0.05) is 0 Å². The summed E-state index contributed by atoms with van der Waals surface area (Å²) in [7, 11) is 0. The van der Waals surface area contributed by atoms with Crippen LogP contribution in [0.1, 0.15) is 36.3 Å². The first kappa shape index (κ1) is 15.3. The van der Waals surface area contributed by atoms with Gasteiger partial charge in [0.1, 0.15) is 11.6 Å². The summed E-state index contributed by atoms with van der Waals surface area (Å²) in [6, 6.07) is 3.99. The van der Waals surface area contributed by atoms with E-state index >= 15 is 0 Å². The van der Waals surface area contributed by atoms with Crippen LogP contribution in [0.5, 0.6) is 0 Å². The molecule has 4 rings (SSSR count). The van der Waals surface area contributed by atoms with Crippen LogP contribution in [0, 0.1) is 6.92 Å². The van der Waals surface area contributed by atoms with Crippen molar-refractivity contribution in [2.75, 3.05) is 36.0 Å². The van der Waals surface area contributed by atoms with Crippen LogP contribution in [0.4, 0.5) is 11.6 Å². The highest BCUT2D eigenvalue weighted by molar-refractivity contribution is 5.51. The van der Waals surface area contributed by atoms with Gasteiger partial charge in [-0.15, -0.1) is 5.10 Å². The molecule has 1 saturated heterocycles. The first-order valence-electron chi connectivity index (χ1n) is 8.95. The molecular formula is C18H24N6. The second kappa shape index (κ2) is 6.71. The highest BCUT2D eigenvalue weighted by atomic mass is 15.3. The zero-order valence-electron chi connectivity index (χ0n) is 14.3. The normalized spacial score (nSPS) is 18.2. The Morgan fingerprint density at radius 2 is 1.75 bits per heavy atom. The highest BCUT2D eigenvalue weighted by Crippen LogP contribution is 2.28. The van der Waals surface area contributed by atoms with E-state index in [1.54, 1.807) is 6.20 Å². The molecule has 3 heterocycles. The maximum atomic E-state index is 4.82. The van der Waals surface area contributed by atoms with E-state index in [-0.39, 0.29) is 0 Å². The van der Waals surface area contributed by atoms with Gasteiger partial charge in [0.2, 0.25) is 0 Å². The predicted octanol–water partition coefficient (Wildman–Crippen LogP) is 2.17. The maximum absolute atomic E-state index is 4.82. The molecule has 24 heavy (non-hydrogen) atoms. The zero-order valence-corrected chi connectivity index (χ0v) is 14.3. The minimum absolute atomic E-state index is 0.903. The Labute approximate surface area is 142 Å². The van der Waals surface area contributed by atoms with Gasteiger partial charge in [-0.05, 0) is 51.2 Å². The van der Waals surface area contributed by atoms with E-state index in [0.717, 1.165) is 57.1 Å². The van der Waals surface area contributed by atoms with Gasteiger partial charge in [-0.3, -0.25) is 0 Å². The maximum Gasteiger partial charge on any atom is 0.151 e. The SMILES string of the molecule is Cc1nc2c(c(N3CCCN(c4cccnn4)CC3)n1)CCCC2. The molecule has 1 aliphatic heterocycles. The van der Waals surface area contributed by atoms with E-state index in [0.29, 0.717) is 0 Å². The number of nitrogens with zero attached hydrogens (tertiary/aromatic N) is 6. The molecule has 0 bridgehead atoms. The van der Waals surface area contributed by atoms with E-state index in [4.69, 9.17) is 4.98 Å². The molecule has 6 heteroatoms. The van der Waals surface area contributed by atoms with Crippen LogP contribution in [0.3, 0.4) is 0 Å². The van der Waals surface area contributed by atoms with E-state index < -0.39 is 0 Å². The standard InChI is InChI=1S/C18H24N6/c1-14-20-16-7-3-2-6-15(16)18(21-14)24-11-5-10-23(12-13-24)17-8-4-9-19-22-17/h4,8-9H,2-3,5-7,10-13H2,1H3. The van der Waals surface area contributed by atoms with Crippen molar-refractivity contribution in [3.05, 3.63) is 35.4 Å². The van der Waals surface area contributed by atoms with Crippen molar-refractivity contribution < 1.29 is 0 Å². The summed E-state index contributed by atoms with van der Waals surface area (Å²) in [5.41, 5.74) is 2.67. The fourth-order valence-corrected chi connectivity index (χ4v) is 3.78. The Hall–Kier alpha value is -2.24. The summed E-state index contributed by atoms with van der Waals surface area (Å²) in [5.74, 6) is 3.05. The summed E-state index contributed by atoms with van der Waals surface area (Å²) in [4.78, 5) is 14.3. The number of fused-ring (bicyclic) bond motifs is 1. The molecule has 0 amide bonds. The van der Waals surface area contributed by atoms with Crippen LogP contribution in [0.25, 0.3) is 0 Å². The number of hydrogen-bond donors (Lipinski definition) is 0. The van der Waals surface area contributed by atoms with Gasteiger partial charge < -0.3 is 9.80 Å². The third-order valence-electron chi connectivity index (χ3n) is 4.95. The summed E-state index contributed by atoms with van der Waals surface area (Å²) >= 11 is 0. The first-order valence-corrected chi connectivity index (χ1v) is 8.95. The van der Waals surface area contributed by atoms with Crippen LogP contribution in [0.2, 0.25) is 0 Å². The van der Waals surface area contributed by atoms with E-state index in [2.05, 4.69) is 25.0 Å². The van der Waals surface area contributed by atoms with Crippen molar-refractivity contribution in [2.24, 2.45) is 0 Å². The van der Waals surface area contributed by atoms with Gasteiger partial charge >= 0.3 is 0 Å². The fourth-order valence-electron chi connectivity index (χ4n) is 3.78. The van der Waals surface area contributed by atoms with Crippen LogP contribution < -0.4 is 9.80 Å². The summed E-state index contributed by atoms with van der Waals surface area (Å²) in [6.45, 7) is 6.00. The highest BCUT2D eigenvalue weighted by Gasteiger charge is 2.23. The molecule has 0 N–H and O–H groups in total. The largest absolute Gasteiger partial charge is 0.354 e. The lowest BCUT2D eigenvalue weighted by molar-refractivity contribution is 0.650. The van der Waals surface area contributed by atoms with Crippen molar-refractivity contribution in [1.29, 1.82) is 0 Å². The lowest BCUT2D eigenvalue weighted by Crippen LogP contribution is -2.33. The Morgan fingerprint density at radius 3 is 2.62 bits per heavy atom. The van der Waals surface area contributed by atoms with Crippen LogP contribution in [-0.2, 0) is 12.8 Å². The molecule has 0 aromatic carbocycles. The number of rotatable bonds is 2. The van der Waals surface area contributed by atoms with Gasteiger partial charge in [0.15, 0.2) is 5.82 Å². The number of aryl methyl sites for hydroxylation is 2. The summed E-state index contributed by atoms with van der Waals surface area (Å²) < 4.78 is 0. The molecule has 1 fully saturated rings. The Morgan fingerprint density at radius 1 is 0.917 bits per heavy atom. The Bertz CT molecular complexity index is 702. The molecular weight excluding hydrogens is 300 g/mol. The second-order valence-electron chi connectivity index (χ2n) is 6.64. The number of anilines is 2. The van der Waals surface area contributed by atoms with Crippen LogP contribution in [-0.4, -0.2) is 46.3 Å². The zero-order chi connectivity index (χ0) is 16.4. The van der Waals surface area contributed by atoms with Crippen molar-refractivity contribution >= 4 is 11.6 Å². The average Bonchev–Trinajstić information content (AvgIpc) is 2.88. The molecule has 0 atom stereocenters. The quantitative estimate of drug-likeness (QED) is 0.844. The minimum Gasteiger partial charge on any atom is -0.354 e. The summed E-state index contributed by atoms with van der Waals surface area (Å²) in [6.07, 6.45) is 7.56. The van der Waals surface area contributed by atoms with Gasteiger partial charge in [0.25, 0.3) is 0 Å². The van der Waals surface area contributed by atoms with Crippen molar-refractivity contribution in [3.63, 3.8) is 0 Å². The van der Waals surface area contributed by atoms with Crippen molar-refractivity contribution in [1.82, 2.24) is 20.2 Å². The minimum atomic E-state index is 0.903. The molecule has 2 aromatic heterocycles. The molecule has 0 radical (unpaired) electrons. The first-order chi connectivity index (χ1) is 11.8. The lowest BCUT2D eigenvalue weighted by atomic mass is 9.96. The third-order valence-corrected chi connectivity index (χ3v) is 4.95. The average molecular weight is 324 g/mol. The van der Waals surface area contributed by atoms with Crippen LogP contribution >= 0.6 is 0 Å². The van der Waals surface area contributed by atoms with Gasteiger partial charge in [0, 0.05) is 43.6 Å². The molecule has 0 saturated carbocycles. The molecule has 1 aliphatic carbocycles. The van der Waals surface area contributed by atoms with E-state index in [1.165, 1.54) is 29.9 Å². The Balaban J connectivity index is 1.57. The monoisotopic (exact) mass is 324 g/mol. The topological polar surface area (TPSA) is 58.0 Å². The van der Waals surface area contributed by atoms with Crippen molar-refractivity contribution in [3.8, 4) is 0 Å².